The quantitative estimate of drug-likeness (QED) is 0.0442. The van der Waals surface area contributed by atoms with Crippen LogP contribution in [0.2, 0.25) is 19.6 Å². The van der Waals surface area contributed by atoms with Gasteiger partial charge in [0, 0.05) is 35.0 Å². The zero-order valence-corrected chi connectivity index (χ0v) is 39.7. The maximum Gasteiger partial charge on any atom is 0.270 e. The van der Waals surface area contributed by atoms with Crippen LogP contribution in [0.1, 0.15) is 44.8 Å². The van der Waals surface area contributed by atoms with Crippen LogP contribution in [0.25, 0.3) is 21.8 Å². The molecule has 0 unspecified atom stereocenters. The maximum atomic E-state index is 11.7. The summed E-state index contributed by atoms with van der Waals surface area (Å²) in [4.78, 5) is 22.3. The minimum absolute atomic E-state index is 0.0211. The lowest BCUT2D eigenvalue weighted by Gasteiger charge is -2.37. The second-order valence-corrected chi connectivity index (χ2v) is 22.4. The summed E-state index contributed by atoms with van der Waals surface area (Å²) in [5.41, 5.74) is 10.2. The number of nitro benzene ring substituents is 2. The van der Waals surface area contributed by atoms with E-state index in [9.17, 15) is 20.2 Å². The van der Waals surface area contributed by atoms with Gasteiger partial charge >= 0.3 is 0 Å². The Morgan fingerprint density at radius 2 is 0.743 bits per heavy atom. The van der Waals surface area contributed by atoms with Crippen LogP contribution < -0.4 is 0 Å². The smallest absolute Gasteiger partial charge is 0.258 e. The van der Waals surface area contributed by atoms with Gasteiger partial charge in [0.05, 0.1) is 20.9 Å². The Hall–Kier alpha value is -9.16. The second kappa shape index (κ2) is 19.2. The predicted octanol–water partition coefficient (Wildman–Crippen LogP) is 12.8. The van der Waals surface area contributed by atoms with Crippen molar-refractivity contribution < 1.29 is 9.85 Å². The Morgan fingerprint density at radius 1 is 0.457 bits per heavy atom. The van der Waals surface area contributed by atoms with E-state index < -0.39 is 24.1 Å². The molecule has 0 saturated heterocycles. The molecule has 0 aliphatic heterocycles. The standard InChI is InChI=1S/C31H27N3O2Si.C28H19N3O2/c1-37(2,3)22-21-29-28-23-27(34(35)36)19-20-30(28)33(32-29)31(24-13-7-4-8-14-24,25-15-9-5-10-16-25)26-17-11-6-12-18-26;1-2-26-25-20-24(31(32)33)18-19-27(25)30(29-26)28(21-12-6-3-7-13-21,22-14-8-4-9-15-22)23-16-10-5-11-17-23/h4-20,23H,1-3H3;1,3-20H. The molecule has 0 fully saturated rings. The van der Waals surface area contributed by atoms with E-state index in [4.69, 9.17) is 16.6 Å². The van der Waals surface area contributed by atoms with Gasteiger partial charge < -0.3 is 0 Å². The van der Waals surface area contributed by atoms with E-state index in [-0.39, 0.29) is 16.3 Å². The molecule has 0 spiro atoms. The summed E-state index contributed by atoms with van der Waals surface area (Å²) in [6.07, 6.45) is 5.82. The molecule has 10 rings (SSSR count). The third kappa shape index (κ3) is 8.43. The summed E-state index contributed by atoms with van der Waals surface area (Å²) in [5, 5.41) is 34.4. The van der Waals surface area contributed by atoms with Gasteiger partial charge in [-0.15, -0.1) is 12.0 Å². The van der Waals surface area contributed by atoms with Gasteiger partial charge in [-0.2, -0.15) is 10.2 Å². The van der Waals surface area contributed by atoms with Gasteiger partial charge in [0.25, 0.3) is 11.4 Å². The number of terminal acetylenes is 1. The molecular formula is C59H46N6O4Si. The van der Waals surface area contributed by atoms with Gasteiger partial charge in [0.2, 0.25) is 0 Å². The summed E-state index contributed by atoms with van der Waals surface area (Å²) in [6, 6.07) is 70.7. The van der Waals surface area contributed by atoms with Crippen LogP contribution in [0.4, 0.5) is 11.4 Å². The summed E-state index contributed by atoms with van der Waals surface area (Å²) in [5.74, 6) is 5.93. The molecule has 0 saturated carbocycles. The molecule has 0 atom stereocenters. The first-order valence-electron chi connectivity index (χ1n) is 22.6. The summed E-state index contributed by atoms with van der Waals surface area (Å²) in [6.45, 7) is 6.51. The van der Waals surface area contributed by atoms with Crippen LogP contribution >= 0.6 is 0 Å². The molecule has 0 bridgehead atoms. The average Bonchev–Trinajstić information content (AvgIpc) is 3.96. The average molecular weight is 931 g/mol. The van der Waals surface area contributed by atoms with Gasteiger partial charge in [-0.1, -0.05) is 208 Å². The zero-order chi connectivity index (χ0) is 48.9. The number of nitro groups is 2. The molecule has 340 valence electrons. The lowest BCUT2D eigenvalue weighted by Crippen LogP contribution is -2.38. The van der Waals surface area contributed by atoms with E-state index in [1.807, 2.05) is 119 Å². The Morgan fingerprint density at radius 3 is 1.01 bits per heavy atom. The Balaban J connectivity index is 0.000000175. The van der Waals surface area contributed by atoms with Crippen molar-refractivity contribution in [2.75, 3.05) is 0 Å². The molecule has 8 aromatic carbocycles. The zero-order valence-electron chi connectivity index (χ0n) is 38.7. The van der Waals surface area contributed by atoms with Crippen LogP contribution in [-0.4, -0.2) is 37.5 Å². The number of aromatic nitrogens is 4. The molecule has 0 amide bonds. The first-order chi connectivity index (χ1) is 34.0. The molecule has 10 aromatic rings. The molecule has 2 aromatic heterocycles. The molecule has 0 aliphatic carbocycles. The largest absolute Gasteiger partial charge is 0.270 e. The molecule has 2 heterocycles. The van der Waals surface area contributed by atoms with Crippen molar-refractivity contribution >= 4 is 41.3 Å². The first-order valence-corrected chi connectivity index (χ1v) is 26.1. The molecule has 0 N–H and O–H groups in total. The summed E-state index contributed by atoms with van der Waals surface area (Å²) in [7, 11) is -1.74. The lowest BCUT2D eigenvalue weighted by molar-refractivity contribution is -0.384. The highest BCUT2D eigenvalue weighted by atomic mass is 28.3. The third-order valence-electron chi connectivity index (χ3n) is 12.2. The van der Waals surface area contributed by atoms with Crippen molar-refractivity contribution in [3.8, 4) is 23.8 Å². The number of nitrogens with zero attached hydrogens (tertiary/aromatic N) is 6. The number of hydrogen-bond acceptors (Lipinski definition) is 6. The summed E-state index contributed by atoms with van der Waals surface area (Å²) >= 11 is 0. The normalized spacial score (nSPS) is 11.5. The van der Waals surface area contributed by atoms with E-state index in [1.165, 1.54) is 12.1 Å². The van der Waals surface area contributed by atoms with E-state index in [0.717, 1.165) is 38.9 Å². The van der Waals surface area contributed by atoms with Crippen molar-refractivity contribution in [1.82, 2.24) is 19.6 Å². The van der Waals surface area contributed by atoms with Crippen LogP contribution in [0.5, 0.6) is 0 Å². The fourth-order valence-electron chi connectivity index (χ4n) is 9.21. The van der Waals surface area contributed by atoms with Gasteiger partial charge in [-0.25, -0.2) is 9.36 Å². The highest BCUT2D eigenvalue weighted by Gasteiger charge is 2.42. The first kappa shape index (κ1) is 46.0. The maximum absolute atomic E-state index is 11.7. The van der Waals surface area contributed by atoms with Crippen molar-refractivity contribution in [1.29, 1.82) is 0 Å². The monoisotopic (exact) mass is 930 g/mol. The third-order valence-corrected chi connectivity index (χ3v) is 13.1. The minimum atomic E-state index is -1.74. The van der Waals surface area contributed by atoms with Crippen LogP contribution in [-0.2, 0) is 11.1 Å². The van der Waals surface area contributed by atoms with Gasteiger partial charge in [-0.3, -0.25) is 20.2 Å². The Bertz CT molecular complexity index is 3400. The highest BCUT2D eigenvalue weighted by Crippen LogP contribution is 2.45. The molecule has 0 radical (unpaired) electrons. The van der Waals surface area contributed by atoms with Crippen LogP contribution in [0.3, 0.4) is 0 Å². The van der Waals surface area contributed by atoms with Gasteiger partial charge in [0.1, 0.15) is 30.5 Å². The molecule has 11 heteroatoms. The summed E-state index contributed by atoms with van der Waals surface area (Å²) < 4.78 is 3.90. The minimum Gasteiger partial charge on any atom is -0.258 e. The van der Waals surface area contributed by atoms with E-state index in [0.29, 0.717) is 27.7 Å². The molecule has 10 nitrogen and oxygen atoms in total. The second-order valence-electron chi connectivity index (χ2n) is 17.7. The van der Waals surface area contributed by atoms with Crippen LogP contribution in [0, 0.1) is 44.0 Å². The number of benzene rings is 8. The van der Waals surface area contributed by atoms with Crippen molar-refractivity contribution in [3.05, 3.63) is 283 Å². The predicted molar refractivity (Wildman–Crippen MR) is 280 cm³/mol. The molecule has 70 heavy (non-hydrogen) atoms. The van der Waals surface area contributed by atoms with Crippen LogP contribution in [0.15, 0.2) is 218 Å². The highest BCUT2D eigenvalue weighted by molar-refractivity contribution is 6.83. The van der Waals surface area contributed by atoms with Crippen molar-refractivity contribution in [2.45, 2.75) is 30.7 Å². The SMILES string of the molecule is C#Cc1nn(C(c2ccccc2)(c2ccccc2)c2ccccc2)c2ccc([N+](=O)[O-])cc12.C[Si](C)(C)C#Cc1nn(C(c2ccccc2)(c2ccccc2)c2ccccc2)c2ccc([N+](=O)[O-])cc12. The molecular weight excluding hydrogens is 885 g/mol. The number of hydrogen-bond donors (Lipinski definition) is 0. The molecule has 0 aliphatic rings. The number of fused-ring (bicyclic) bond motifs is 2. The lowest BCUT2D eigenvalue weighted by atomic mass is 9.77. The van der Waals surface area contributed by atoms with E-state index in [2.05, 4.69) is 110 Å². The van der Waals surface area contributed by atoms with E-state index >= 15 is 0 Å². The van der Waals surface area contributed by atoms with Crippen molar-refractivity contribution in [2.24, 2.45) is 0 Å². The Labute approximate surface area is 406 Å². The fourth-order valence-corrected chi connectivity index (χ4v) is 9.70. The van der Waals surface area contributed by atoms with Crippen molar-refractivity contribution in [3.63, 3.8) is 0 Å². The van der Waals surface area contributed by atoms with E-state index in [1.54, 1.807) is 24.3 Å². The topological polar surface area (TPSA) is 122 Å². The van der Waals surface area contributed by atoms with Gasteiger partial charge in [0.15, 0.2) is 0 Å². The Kier molecular flexibility index (Phi) is 12.6. The number of rotatable bonds is 10. The van der Waals surface area contributed by atoms with Gasteiger partial charge in [-0.05, 0) is 51.4 Å². The fraction of sp³-hybridized carbons (Fsp3) is 0.0847. The number of non-ortho nitro benzene ring substituents is 2.